The van der Waals surface area contributed by atoms with E-state index in [0.29, 0.717) is 12.1 Å². The molecule has 0 radical (unpaired) electrons. The quantitative estimate of drug-likeness (QED) is 0.599. The summed E-state index contributed by atoms with van der Waals surface area (Å²) in [6.07, 6.45) is 6.83. The van der Waals surface area contributed by atoms with Crippen LogP contribution >= 0.6 is 0 Å². The number of carboxylic acid groups (broad SMARTS) is 1. The lowest BCUT2D eigenvalue weighted by atomic mass is 10.1. The summed E-state index contributed by atoms with van der Waals surface area (Å²) in [6, 6.07) is 3.95. The number of carboxylic acids is 1. The van der Waals surface area contributed by atoms with Gasteiger partial charge in [0, 0.05) is 12.6 Å². The van der Waals surface area contributed by atoms with E-state index in [0.717, 1.165) is 24.8 Å². The molecular weight excluding hydrogens is 273 g/mol. The van der Waals surface area contributed by atoms with E-state index in [9.17, 15) is 14.0 Å². The highest BCUT2D eigenvalue weighted by atomic mass is 19.1. The van der Waals surface area contributed by atoms with Crippen molar-refractivity contribution in [1.82, 2.24) is 5.32 Å². The minimum Gasteiger partial charge on any atom is -0.478 e. The summed E-state index contributed by atoms with van der Waals surface area (Å²) in [7, 11) is 0. The molecule has 1 aliphatic rings. The maximum Gasteiger partial charge on any atom is 0.328 e. The van der Waals surface area contributed by atoms with Crippen molar-refractivity contribution in [1.29, 1.82) is 0 Å². The molecule has 2 rings (SSSR count). The highest BCUT2D eigenvalue weighted by Gasteiger charge is 2.20. The molecule has 0 spiro atoms. The largest absolute Gasteiger partial charge is 0.478 e. The van der Waals surface area contributed by atoms with Gasteiger partial charge in [0.25, 0.3) is 5.91 Å². The number of benzene rings is 1. The van der Waals surface area contributed by atoms with Crippen molar-refractivity contribution < 1.29 is 19.1 Å². The Kier molecular flexibility index (Phi) is 5.09. The zero-order valence-electron chi connectivity index (χ0n) is 11.6. The fourth-order valence-corrected chi connectivity index (χ4v) is 2.08. The number of carbonyl (C=O) groups excluding carboxylic acids is 1. The SMILES string of the molecule is O=C(O)/C=C/c1ccc(F)c(C(=O)NCCCC2CC2)c1. The Morgan fingerprint density at radius 2 is 2.14 bits per heavy atom. The van der Waals surface area contributed by atoms with Crippen LogP contribution in [0.1, 0.15) is 41.6 Å². The molecule has 1 fully saturated rings. The summed E-state index contributed by atoms with van der Waals surface area (Å²) in [5, 5.41) is 11.3. The van der Waals surface area contributed by atoms with Crippen molar-refractivity contribution in [2.75, 3.05) is 6.54 Å². The van der Waals surface area contributed by atoms with Gasteiger partial charge < -0.3 is 10.4 Å². The van der Waals surface area contributed by atoms with Crippen molar-refractivity contribution in [2.45, 2.75) is 25.7 Å². The number of carbonyl (C=O) groups is 2. The van der Waals surface area contributed by atoms with Gasteiger partial charge in [-0.2, -0.15) is 0 Å². The Hall–Kier alpha value is -2.17. The molecular formula is C16H18FNO3. The van der Waals surface area contributed by atoms with Crippen LogP contribution in [0.4, 0.5) is 4.39 Å². The van der Waals surface area contributed by atoms with Crippen LogP contribution in [0.3, 0.4) is 0 Å². The smallest absolute Gasteiger partial charge is 0.328 e. The van der Waals surface area contributed by atoms with E-state index in [-0.39, 0.29) is 5.56 Å². The molecule has 0 unspecified atom stereocenters. The lowest BCUT2D eigenvalue weighted by Gasteiger charge is -2.07. The molecule has 0 atom stereocenters. The third-order valence-electron chi connectivity index (χ3n) is 3.43. The topological polar surface area (TPSA) is 66.4 Å². The molecule has 21 heavy (non-hydrogen) atoms. The summed E-state index contributed by atoms with van der Waals surface area (Å²) >= 11 is 0. The average molecular weight is 291 g/mol. The van der Waals surface area contributed by atoms with Crippen LogP contribution in [0, 0.1) is 11.7 Å². The lowest BCUT2D eigenvalue weighted by molar-refractivity contribution is -0.131. The molecule has 1 aromatic rings. The Morgan fingerprint density at radius 3 is 2.81 bits per heavy atom. The number of hydrogen-bond donors (Lipinski definition) is 2. The van der Waals surface area contributed by atoms with Crippen molar-refractivity contribution >= 4 is 18.0 Å². The van der Waals surface area contributed by atoms with Crippen LogP contribution in [-0.4, -0.2) is 23.5 Å². The minimum atomic E-state index is -1.09. The van der Waals surface area contributed by atoms with E-state index in [1.54, 1.807) is 0 Å². The van der Waals surface area contributed by atoms with Gasteiger partial charge >= 0.3 is 5.97 Å². The molecule has 0 bridgehead atoms. The zero-order chi connectivity index (χ0) is 15.2. The molecule has 1 amide bonds. The van der Waals surface area contributed by atoms with E-state index in [4.69, 9.17) is 5.11 Å². The summed E-state index contributed by atoms with van der Waals surface area (Å²) in [6.45, 7) is 0.532. The van der Waals surface area contributed by atoms with Gasteiger partial charge in [-0.15, -0.1) is 0 Å². The van der Waals surface area contributed by atoms with Gasteiger partial charge in [-0.25, -0.2) is 9.18 Å². The highest BCUT2D eigenvalue weighted by Crippen LogP contribution is 2.33. The lowest BCUT2D eigenvalue weighted by Crippen LogP contribution is -2.25. The number of rotatable bonds is 7. The monoisotopic (exact) mass is 291 g/mol. The van der Waals surface area contributed by atoms with Crippen molar-refractivity contribution in [2.24, 2.45) is 5.92 Å². The predicted molar refractivity (Wildman–Crippen MR) is 77.4 cm³/mol. The van der Waals surface area contributed by atoms with Crippen LogP contribution in [0.25, 0.3) is 6.08 Å². The number of nitrogens with one attached hydrogen (secondary N) is 1. The van der Waals surface area contributed by atoms with Crippen molar-refractivity contribution in [3.8, 4) is 0 Å². The second kappa shape index (κ2) is 7.02. The van der Waals surface area contributed by atoms with Crippen molar-refractivity contribution in [3.05, 3.63) is 41.2 Å². The number of hydrogen-bond acceptors (Lipinski definition) is 2. The second-order valence-electron chi connectivity index (χ2n) is 5.25. The van der Waals surface area contributed by atoms with Gasteiger partial charge in [-0.1, -0.05) is 18.9 Å². The Labute approximate surface area is 122 Å². The van der Waals surface area contributed by atoms with Crippen LogP contribution < -0.4 is 5.32 Å². The van der Waals surface area contributed by atoms with Gasteiger partial charge in [-0.05, 0) is 42.5 Å². The number of amides is 1. The molecule has 0 heterocycles. The first-order valence-electron chi connectivity index (χ1n) is 7.05. The Morgan fingerprint density at radius 1 is 1.38 bits per heavy atom. The molecule has 112 valence electrons. The molecule has 1 aromatic carbocycles. The third-order valence-corrected chi connectivity index (χ3v) is 3.43. The van der Waals surface area contributed by atoms with Crippen LogP contribution in [-0.2, 0) is 4.79 Å². The normalized spacial score (nSPS) is 14.3. The van der Waals surface area contributed by atoms with E-state index >= 15 is 0 Å². The predicted octanol–water partition coefficient (Wildman–Crippen LogP) is 2.84. The van der Waals surface area contributed by atoms with Crippen LogP contribution in [0.5, 0.6) is 0 Å². The van der Waals surface area contributed by atoms with E-state index in [1.165, 1.54) is 37.1 Å². The molecule has 0 aromatic heterocycles. The molecule has 1 aliphatic carbocycles. The molecule has 0 aliphatic heterocycles. The number of aliphatic carboxylic acids is 1. The maximum atomic E-state index is 13.7. The molecule has 2 N–H and O–H groups in total. The van der Waals surface area contributed by atoms with Crippen molar-refractivity contribution in [3.63, 3.8) is 0 Å². The fourth-order valence-electron chi connectivity index (χ4n) is 2.08. The van der Waals surface area contributed by atoms with Gasteiger partial charge in [0.2, 0.25) is 0 Å². The standard InChI is InChI=1S/C16H18FNO3/c17-14-7-5-12(6-8-15(19)20)10-13(14)16(21)18-9-1-2-11-3-4-11/h5-8,10-11H,1-4,9H2,(H,18,21)(H,19,20)/b8-6+. The van der Waals surface area contributed by atoms with E-state index < -0.39 is 17.7 Å². The summed E-state index contributed by atoms with van der Waals surface area (Å²) in [4.78, 5) is 22.4. The first-order valence-corrected chi connectivity index (χ1v) is 7.05. The Balaban J connectivity index is 1.94. The summed E-state index contributed by atoms with van der Waals surface area (Å²) in [5.41, 5.74) is 0.413. The molecule has 4 nitrogen and oxygen atoms in total. The van der Waals surface area contributed by atoms with E-state index in [2.05, 4.69) is 5.32 Å². The van der Waals surface area contributed by atoms with Gasteiger partial charge in [0.1, 0.15) is 5.82 Å². The third kappa shape index (κ3) is 5.02. The maximum absolute atomic E-state index is 13.7. The Bertz CT molecular complexity index is 565. The van der Waals surface area contributed by atoms with Gasteiger partial charge in [0.05, 0.1) is 5.56 Å². The molecule has 0 saturated heterocycles. The average Bonchev–Trinajstić information content (AvgIpc) is 3.26. The first-order chi connectivity index (χ1) is 10.1. The summed E-state index contributed by atoms with van der Waals surface area (Å²) < 4.78 is 13.7. The summed E-state index contributed by atoms with van der Waals surface area (Å²) in [5.74, 6) is -1.36. The minimum absolute atomic E-state index is 0.0611. The van der Waals surface area contributed by atoms with Gasteiger partial charge in [0.15, 0.2) is 0 Å². The second-order valence-corrected chi connectivity index (χ2v) is 5.25. The first kappa shape index (κ1) is 15.2. The van der Waals surface area contributed by atoms with Gasteiger partial charge in [-0.3, -0.25) is 4.79 Å². The zero-order valence-corrected chi connectivity index (χ0v) is 11.6. The fraction of sp³-hybridized carbons (Fsp3) is 0.375. The highest BCUT2D eigenvalue weighted by molar-refractivity contribution is 5.95. The van der Waals surface area contributed by atoms with Crippen LogP contribution in [0.2, 0.25) is 0 Å². The van der Waals surface area contributed by atoms with Crippen LogP contribution in [0.15, 0.2) is 24.3 Å². The molecule has 5 heteroatoms. The number of halogens is 1. The molecule has 1 saturated carbocycles. The van der Waals surface area contributed by atoms with E-state index in [1.807, 2.05) is 0 Å².